The van der Waals surface area contributed by atoms with Gasteiger partial charge in [-0.2, -0.15) is 0 Å². The van der Waals surface area contributed by atoms with Crippen LogP contribution < -0.4 is 11.1 Å². The van der Waals surface area contributed by atoms with Gasteiger partial charge in [0.15, 0.2) is 0 Å². The normalized spacial score (nSPS) is 14.5. The zero-order valence-corrected chi connectivity index (χ0v) is 17.3. The predicted octanol–water partition coefficient (Wildman–Crippen LogP) is 1.68. The molecule has 0 radical (unpaired) electrons. The van der Waals surface area contributed by atoms with Crippen LogP contribution >= 0.6 is 0 Å². The summed E-state index contributed by atoms with van der Waals surface area (Å²) in [6.07, 6.45) is 0.295. The highest BCUT2D eigenvalue weighted by molar-refractivity contribution is 5.94. The van der Waals surface area contributed by atoms with Gasteiger partial charge < -0.3 is 16.0 Å². The molecule has 0 spiro atoms. The number of anilines is 1. The molecule has 0 bridgehead atoms. The number of nitrogens with one attached hydrogen (secondary N) is 1. The van der Waals surface area contributed by atoms with Crippen LogP contribution in [0.2, 0.25) is 0 Å². The van der Waals surface area contributed by atoms with Crippen LogP contribution in [0.25, 0.3) is 10.9 Å². The molecule has 1 aromatic heterocycles. The average molecular weight is 419 g/mol. The number of hydrogen-bond donors (Lipinski definition) is 2. The number of carbonyl (C=O) groups is 2. The van der Waals surface area contributed by atoms with Gasteiger partial charge in [0.2, 0.25) is 5.91 Å². The average Bonchev–Trinajstić information content (AvgIpc) is 2.80. The molecule has 0 unspecified atom stereocenters. The van der Waals surface area contributed by atoms with Crippen LogP contribution in [-0.2, 0) is 11.3 Å². The molecule has 8 heteroatoms. The molecule has 2 aromatic carbocycles. The Morgan fingerprint density at radius 3 is 2.42 bits per heavy atom. The quantitative estimate of drug-likeness (QED) is 0.631. The molecule has 2 amide bonds. The van der Waals surface area contributed by atoms with Crippen LogP contribution in [0.4, 0.5) is 5.82 Å². The fourth-order valence-corrected chi connectivity index (χ4v) is 3.71. The van der Waals surface area contributed by atoms with Crippen molar-refractivity contribution in [1.29, 1.82) is 0 Å². The van der Waals surface area contributed by atoms with Crippen LogP contribution in [0, 0.1) is 0 Å². The topological polar surface area (TPSA) is 104 Å². The summed E-state index contributed by atoms with van der Waals surface area (Å²) in [5.41, 5.74) is 7.52. The molecule has 3 aromatic rings. The lowest BCUT2D eigenvalue weighted by Gasteiger charge is -2.34. The summed E-state index contributed by atoms with van der Waals surface area (Å²) in [6.45, 7) is 3.72. The van der Waals surface area contributed by atoms with Gasteiger partial charge in [-0.1, -0.05) is 30.3 Å². The van der Waals surface area contributed by atoms with Crippen molar-refractivity contribution in [3.05, 3.63) is 66.0 Å². The van der Waals surface area contributed by atoms with Crippen molar-refractivity contribution in [2.75, 3.05) is 38.5 Å². The highest BCUT2D eigenvalue weighted by Crippen LogP contribution is 2.18. The summed E-state index contributed by atoms with van der Waals surface area (Å²) in [5, 5.41) is 3.67. The third kappa shape index (κ3) is 5.16. The van der Waals surface area contributed by atoms with E-state index in [1.807, 2.05) is 47.4 Å². The number of nitrogen functional groups attached to an aromatic ring is 1. The summed E-state index contributed by atoms with van der Waals surface area (Å²) >= 11 is 0. The van der Waals surface area contributed by atoms with E-state index in [0.29, 0.717) is 49.8 Å². The first-order valence-corrected chi connectivity index (χ1v) is 10.4. The van der Waals surface area contributed by atoms with Gasteiger partial charge in [-0.3, -0.25) is 14.5 Å². The van der Waals surface area contributed by atoms with Gasteiger partial charge in [-0.05, 0) is 24.3 Å². The molecule has 1 saturated heterocycles. The molecule has 2 heterocycles. The molecule has 8 nitrogen and oxygen atoms in total. The maximum Gasteiger partial charge on any atom is 0.251 e. The van der Waals surface area contributed by atoms with Gasteiger partial charge in [0, 0.05) is 50.1 Å². The highest BCUT2D eigenvalue weighted by atomic mass is 16.2. The number of nitrogens with two attached hydrogens (primary N) is 1. The van der Waals surface area contributed by atoms with E-state index in [-0.39, 0.29) is 11.8 Å². The number of fused-ring (bicyclic) bond motifs is 1. The van der Waals surface area contributed by atoms with Crippen LogP contribution in [0.5, 0.6) is 0 Å². The minimum absolute atomic E-state index is 0.0548. The second-order valence-corrected chi connectivity index (χ2v) is 7.57. The van der Waals surface area contributed by atoms with E-state index >= 15 is 0 Å². The summed E-state index contributed by atoms with van der Waals surface area (Å²) in [4.78, 5) is 37.7. The minimum atomic E-state index is -0.159. The molecule has 0 aliphatic carbocycles. The number of nitrogens with zero attached hydrogens (tertiary/aromatic N) is 4. The van der Waals surface area contributed by atoms with Crippen molar-refractivity contribution in [3.8, 4) is 0 Å². The van der Waals surface area contributed by atoms with E-state index in [2.05, 4.69) is 20.2 Å². The first-order valence-electron chi connectivity index (χ1n) is 10.4. The molecule has 4 rings (SSSR count). The summed E-state index contributed by atoms with van der Waals surface area (Å²) in [5.74, 6) is 1.08. The SMILES string of the molecule is Nc1nc(CN2CCN(C(=O)CCNC(=O)c3ccccc3)CC2)nc2ccccc12. The Balaban J connectivity index is 1.23. The molecule has 3 N–H and O–H groups in total. The van der Waals surface area contributed by atoms with Gasteiger partial charge >= 0.3 is 0 Å². The maximum absolute atomic E-state index is 12.5. The van der Waals surface area contributed by atoms with Crippen molar-refractivity contribution in [1.82, 2.24) is 25.1 Å². The van der Waals surface area contributed by atoms with Crippen LogP contribution in [0.3, 0.4) is 0 Å². The van der Waals surface area contributed by atoms with Gasteiger partial charge in [0.25, 0.3) is 5.91 Å². The van der Waals surface area contributed by atoms with Crippen molar-refractivity contribution in [2.24, 2.45) is 0 Å². The maximum atomic E-state index is 12.5. The van der Waals surface area contributed by atoms with Gasteiger partial charge in [0.05, 0.1) is 12.1 Å². The molecule has 0 saturated carbocycles. The Bertz CT molecular complexity index is 1060. The lowest BCUT2D eigenvalue weighted by atomic mass is 10.2. The largest absolute Gasteiger partial charge is 0.383 e. The van der Waals surface area contributed by atoms with Gasteiger partial charge in [-0.15, -0.1) is 0 Å². The van der Waals surface area contributed by atoms with Crippen molar-refractivity contribution in [2.45, 2.75) is 13.0 Å². The van der Waals surface area contributed by atoms with Gasteiger partial charge in [0.1, 0.15) is 11.6 Å². The number of para-hydroxylation sites is 1. The number of rotatable bonds is 6. The number of piperazine rings is 1. The van der Waals surface area contributed by atoms with E-state index in [1.165, 1.54) is 0 Å². The van der Waals surface area contributed by atoms with Crippen LogP contribution in [0.15, 0.2) is 54.6 Å². The molecule has 1 aliphatic heterocycles. The summed E-state index contributed by atoms with van der Waals surface area (Å²) < 4.78 is 0. The molecule has 0 atom stereocenters. The minimum Gasteiger partial charge on any atom is -0.383 e. The predicted molar refractivity (Wildman–Crippen MR) is 119 cm³/mol. The first kappa shape index (κ1) is 20.7. The fraction of sp³-hybridized carbons (Fsp3) is 0.304. The van der Waals surface area contributed by atoms with Crippen molar-refractivity contribution >= 4 is 28.5 Å². The van der Waals surface area contributed by atoms with E-state index in [1.54, 1.807) is 12.1 Å². The zero-order chi connectivity index (χ0) is 21.6. The molecule has 1 aliphatic rings. The third-order valence-corrected chi connectivity index (χ3v) is 5.43. The second kappa shape index (κ2) is 9.53. The molecule has 31 heavy (non-hydrogen) atoms. The Kier molecular flexibility index (Phi) is 6.37. The molecule has 160 valence electrons. The fourth-order valence-electron chi connectivity index (χ4n) is 3.71. The second-order valence-electron chi connectivity index (χ2n) is 7.57. The lowest BCUT2D eigenvalue weighted by molar-refractivity contribution is -0.132. The smallest absolute Gasteiger partial charge is 0.251 e. The number of amides is 2. The highest BCUT2D eigenvalue weighted by Gasteiger charge is 2.22. The Labute approximate surface area is 181 Å². The molecular formula is C23H26N6O2. The van der Waals surface area contributed by atoms with Gasteiger partial charge in [-0.25, -0.2) is 9.97 Å². The Morgan fingerprint density at radius 1 is 0.935 bits per heavy atom. The number of carbonyl (C=O) groups excluding carboxylic acids is 2. The van der Waals surface area contributed by atoms with E-state index in [0.717, 1.165) is 24.0 Å². The Morgan fingerprint density at radius 2 is 1.65 bits per heavy atom. The third-order valence-electron chi connectivity index (χ3n) is 5.43. The summed E-state index contributed by atoms with van der Waals surface area (Å²) in [6, 6.07) is 16.7. The number of aromatic nitrogens is 2. The van der Waals surface area contributed by atoms with Crippen molar-refractivity contribution < 1.29 is 9.59 Å². The van der Waals surface area contributed by atoms with Crippen LogP contribution in [-0.4, -0.2) is 64.3 Å². The zero-order valence-electron chi connectivity index (χ0n) is 17.3. The van der Waals surface area contributed by atoms with Crippen LogP contribution in [0.1, 0.15) is 22.6 Å². The number of hydrogen-bond acceptors (Lipinski definition) is 6. The monoisotopic (exact) mass is 418 g/mol. The standard InChI is InChI=1S/C23H26N6O2/c24-22-18-8-4-5-9-19(18)26-20(27-22)16-28-12-14-29(15-13-28)21(30)10-11-25-23(31)17-6-2-1-3-7-17/h1-9H,10-16H2,(H,25,31)(H2,24,26,27). The summed E-state index contributed by atoms with van der Waals surface area (Å²) in [7, 11) is 0. The number of benzene rings is 2. The van der Waals surface area contributed by atoms with E-state index < -0.39 is 0 Å². The van der Waals surface area contributed by atoms with E-state index in [9.17, 15) is 9.59 Å². The Hall–Kier alpha value is -3.52. The molecule has 1 fully saturated rings. The van der Waals surface area contributed by atoms with E-state index in [4.69, 9.17) is 5.73 Å². The molecular weight excluding hydrogens is 392 g/mol. The first-order chi connectivity index (χ1) is 15.1. The van der Waals surface area contributed by atoms with Crippen molar-refractivity contribution in [3.63, 3.8) is 0 Å². The lowest BCUT2D eigenvalue weighted by Crippen LogP contribution is -2.49.